The monoisotopic (exact) mass is 279 g/mol. The van der Waals surface area contributed by atoms with Crippen LogP contribution in [0.1, 0.15) is 29.0 Å². The van der Waals surface area contributed by atoms with Crippen molar-refractivity contribution in [1.29, 1.82) is 0 Å². The van der Waals surface area contributed by atoms with Crippen LogP contribution in [0.25, 0.3) is 0 Å². The number of benzene rings is 2. The zero-order valence-corrected chi connectivity index (χ0v) is 11.8. The normalized spacial score (nSPS) is 19.0. The first kappa shape index (κ1) is 12.5. The van der Waals surface area contributed by atoms with Crippen LogP contribution >= 0.6 is 0 Å². The van der Waals surface area contributed by atoms with Gasteiger partial charge in [0.2, 0.25) is 5.91 Å². The third-order valence-electron chi connectivity index (χ3n) is 4.39. The Balaban J connectivity index is 1.44. The standard InChI is InChI=1S/C18H17NO2/c20-18-8-6-12-5-7-15(10-17(12)19-18)21-11-14-9-13-3-1-2-4-16(13)14/h1-5,7,10,14H,6,8-9,11H2,(H,19,20). The van der Waals surface area contributed by atoms with Gasteiger partial charge >= 0.3 is 0 Å². The molecule has 3 heteroatoms. The van der Waals surface area contributed by atoms with E-state index in [1.165, 1.54) is 16.7 Å². The second kappa shape index (κ2) is 4.92. The first-order valence-electron chi connectivity index (χ1n) is 7.43. The van der Waals surface area contributed by atoms with Crippen molar-refractivity contribution in [1.82, 2.24) is 0 Å². The highest BCUT2D eigenvalue weighted by Gasteiger charge is 2.26. The van der Waals surface area contributed by atoms with Crippen LogP contribution in [0, 0.1) is 0 Å². The van der Waals surface area contributed by atoms with Gasteiger partial charge < -0.3 is 10.1 Å². The molecule has 1 amide bonds. The maximum absolute atomic E-state index is 11.4. The highest BCUT2D eigenvalue weighted by Crippen LogP contribution is 2.35. The molecule has 0 bridgehead atoms. The van der Waals surface area contributed by atoms with Gasteiger partial charge in [-0.2, -0.15) is 0 Å². The number of ether oxygens (including phenoxy) is 1. The fourth-order valence-electron chi connectivity index (χ4n) is 3.15. The molecule has 2 aliphatic rings. The summed E-state index contributed by atoms with van der Waals surface area (Å²) in [6.45, 7) is 0.698. The van der Waals surface area contributed by atoms with Crippen molar-refractivity contribution in [2.24, 2.45) is 0 Å². The Morgan fingerprint density at radius 2 is 2.00 bits per heavy atom. The van der Waals surface area contributed by atoms with Crippen LogP contribution in [0.2, 0.25) is 0 Å². The number of carbonyl (C=O) groups excluding carboxylic acids is 1. The minimum absolute atomic E-state index is 0.0903. The fraction of sp³-hybridized carbons (Fsp3) is 0.278. The smallest absolute Gasteiger partial charge is 0.224 e. The van der Waals surface area contributed by atoms with Gasteiger partial charge in [-0.3, -0.25) is 4.79 Å². The topological polar surface area (TPSA) is 38.3 Å². The molecule has 3 nitrogen and oxygen atoms in total. The van der Waals surface area contributed by atoms with Gasteiger partial charge in [-0.25, -0.2) is 0 Å². The number of carbonyl (C=O) groups is 1. The predicted molar refractivity (Wildman–Crippen MR) is 81.8 cm³/mol. The average molecular weight is 279 g/mol. The highest BCUT2D eigenvalue weighted by molar-refractivity contribution is 5.94. The van der Waals surface area contributed by atoms with Crippen LogP contribution in [0.15, 0.2) is 42.5 Å². The van der Waals surface area contributed by atoms with E-state index >= 15 is 0 Å². The number of anilines is 1. The van der Waals surface area contributed by atoms with Gasteiger partial charge in [0.15, 0.2) is 0 Å². The Bertz CT molecular complexity index is 708. The molecule has 0 saturated carbocycles. The van der Waals surface area contributed by atoms with Crippen LogP contribution in [0.3, 0.4) is 0 Å². The van der Waals surface area contributed by atoms with E-state index in [9.17, 15) is 4.79 Å². The van der Waals surface area contributed by atoms with E-state index in [-0.39, 0.29) is 5.91 Å². The molecule has 1 unspecified atom stereocenters. The summed E-state index contributed by atoms with van der Waals surface area (Å²) in [5, 5.41) is 2.91. The molecule has 1 aliphatic heterocycles. The summed E-state index contributed by atoms with van der Waals surface area (Å²) in [5.41, 5.74) is 4.93. The summed E-state index contributed by atoms with van der Waals surface area (Å²) in [6.07, 6.45) is 2.49. The SMILES string of the molecule is O=C1CCc2ccc(OCC3Cc4ccccc43)cc2N1. The van der Waals surface area contributed by atoms with Crippen LogP contribution in [-0.4, -0.2) is 12.5 Å². The van der Waals surface area contributed by atoms with Gasteiger partial charge in [0.05, 0.1) is 6.61 Å². The first-order valence-corrected chi connectivity index (χ1v) is 7.43. The molecule has 0 aromatic heterocycles. The second-order valence-corrected chi connectivity index (χ2v) is 5.78. The molecule has 0 radical (unpaired) electrons. The van der Waals surface area contributed by atoms with E-state index < -0.39 is 0 Å². The minimum Gasteiger partial charge on any atom is -0.493 e. The van der Waals surface area contributed by atoms with Gasteiger partial charge in [-0.15, -0.1) is 0 Å². The summed E-state index contributed by atoms with van der Waals surface area (Å²) in [5.74, 6) is 1.42. The molecule has 1 N–H and O–H groups in total. The number of aryl methyl sites for hydroxylation is 1. The van der Waals surface area contributed by atoms with Crippen LogP contribution in [0.5, 0.6) is 5.75 Å². The maximum Gasteiger partial charge on any atom is 0.224 e. The zero-order valence-electron chi connectivity index (χ0n) is 11.8. The lowest BCUT2D eigenvalue weighted by Gasteiger charge is -2.30. The summed E-state index contributed by atoms with van der Waals surface area (Å²) in [6, 6.07) is 14.5. The van der Waals surface area contributed by atoms with Gasteiger partial charge in [0, 0.05) is 24.1 Å². The summed E-state index contributed by atoms with van der Waals surface area (Å²) in [7, 11) is 0. The van der Waals surface area contributed by atoms with E-state index in [1.54, 1.807) is 0 Å². The zero-order chi connectivity index (χ0) is 14.2. The summed E-state index contributed by atoms with van der Waals surface area (Å²) in [4.78, 5) is 11.4. The Kier molecular flexibility index (Phi) is 2.92. The molecular weight excluding hydrogens is 262 g/mol. The molecule has 2 aromatic carbocycles. The van der Waals surface area contributed by atoms with Crippen LogP contribution in [0.4, 0.5) is 5.69 Å². The lowest BCUT2D eigenvalue weighted by Crippen LogP contribution is -2.23. The Labute approximate surface area is 123 Å². The fourth-order valence-corrected chi connectivity index (χ4v) is 3.15. The van der Waals surface area contributed by atoms with Crippen molar-refractivity contribution in [3.8, 4) is 5.75 Å². The van der Waals surface area contributed by atoms with Crippen molar-refractivity contribution in [2.45, 2.75) is 25.2 Å². The Morgan fingerprint density at radius 3 is 2.90 bits per heavy atom. The minimum atomic E-state index is 0.0903. The van der Waals surface area contributed by atoms with Crippen molar-refractivity contribution in [3.05, 3.63) is 59.2 Å². The molecule has 0 spiro atoms. The van der Waals surface area contributed by atoms with Crippen LogP contribution < -0.4 is 10.1 Å². The number of hydrogen-bond acceptors (Lipinski definition) is 2. The molecule has 21 heavy (non-hydrogen) atoms. The van der Waals surface area contributed by atoms with E-state index in [0.29, 0.717) is 18.9 Å². The lowest BCUT2D eigenvalue weighted by molar-refractivity contribution is -0.116. The van der Waals surface area contributed by atoms with Gasteiger partial charge in [0.25, 0.3) is 0 Å². The summed E-state index contributed by atoms with van der Waals surface area (Å²) >= 11 is 0. The summed E-state index contributed by atoms with van der Waals surface area (Å²) < 4.78 is 5.92. The molecule has 1 heterocycles. The van der Waals surface area contributed by atoms with E-state index in [2.05, 4.69) is 35.6 Å². The molecule has 4 rings (SSSR count). The van der Waals surface area contributed by atoms with Crippen molar-refractivity contribution in [2.75, 3.05) is 11.9 Å². The van der Waals surface area contributed by atoms with Gasteiger partial charge in [-0.05, 0) is 35.6 Å². The molecule has 106 valence electrons. The third kappa shape index (κ3) is 2.29. The first-order chi connectivity index (χ1) is 10.3. The van der Waals surface area contributed by atoms with E-state index in [0.717, 1.165) is 24.3 Å². The van der Waals surface area contributed by atoms with Crippen molar-refractivity contribution in [3.63, 3.8) is 0 Å². The number of fused-ring (bicyclic) bond motifs is 2. The van der Waals surface area contributed by atoms with Gasteiger partial charge in [-0.1, -0.05) is 30.3 Å². The van der Waals surface area contributed by atoms with Gasteiger partial charge in [0.1, 0.15) is 5.75 Å². The predicted octanol–water partition coefficient (Wildman–Crippen LogP) is 3.29. The number of hydrogen-bond donors (Lipinski definition) is 1. The largest absolute Gasteiger partial charge is 0.493 e. The Morgan fingerprint density at radius 1 is 1.10 bits per heavy atom. The molecular formula is C18H17NO2. The molecule has 0 fully saturated rings. The second-order valence-electron chi connectivity index (χ2n) is 5.78. The molecule has 1 aliphatic carbocycles. The van der Waals surface area contributed by atoms with E-state index in [1.807, 2.05) is 12.1 Å². The number of amides is 1. The number of rotatable bonds is 3. The Hall–Kier alpha value is -2.29. The van der Waals surface area contributed by atoms with Crippen molar-refractivity contribution < 1.29 is 9.53 Å². The number of nitrogens with one attached hydrogen (secondary N) is 1. The van der Waals surface area contributed by atoms with Crippen LogP contribution in [-0.2, 0) is 17.6 Å². The lowest BCUT2D eigenvalue weighted by atomic mass is 9.78. The molecule has 2 aromatic rings. The van der Waals surface area contributed by atoms with Crippen molar-refractivity contribution >= 4 is 11.6 Å². The molecule has 0 saturated heterocycles. The third-order valence-corrected chi connectivity index (χ3v) is 4.39. The molecule has 1 atom stereocenters. The van der Waals surface area contributed by atoms with E-state index in [4.69, 9.17) is 4.74 Å². The quantitative estimate of drug-likeness (QED) is 0.936. The highest BCUT2D eigenvalue weighted by atomic mass is 16.5. The average Bonchev–Trinajstić information content (AvgIpc) is 2.48. The maximum atomic E-state index is 11.4.